The van der Waals surface area contributed by atoms with Crippen LogP contribution in [0.4, 0.5) is 0 Å². The second-order valence-electron chi connectivity index (χ2n) is 5.41. The molecular weight excluding hydrogens is 307 g/mol. The van der Waals surface area contributed by atoms with Crippen LogP contribution in [0.3, 0.4) is 0 Å². The topological polar surface area (TPSA) is 54.4 Å². The summed E-state index contributed by atoms with van der Waals surface area (Å²) in [5.41, 5.74) is 0.502. The molecule has 1 aliphatic carbocycles. The molecule has 0 aromatic heterocycles. The van der Waals surface area contributed by atoms with Crippen LogP contribution in [0.5, 0.6) is 0 Å². The molecule has 4 heteroatoms. The maximum atomic E-state index is 12.1. The highest BCUT2D eigenvalue weighted by molar-refractivity contribution is 7.25. The van der Waals surface area contributed by atoms with Gasteiger partial charge in [-0.15, -0.1) is 0 Å². The molecule has 3 nitrogen and oxygen atoms in total. The molecule has 2 aromatic carbocycles. The van der Waals surface area contributed by atoms with Crippen molar-refractivity contribution in [2.45, 2.75) is 11.1 Å². The predicted octanol–water partition coefficient (Wildman–Crippen LogP) is 4.32. The third-order valence-electron chi connectivity index (χ3n) is 4.16. The van der Waals surface area contributed by atoms with Crippen molar-refractivity contribution < 1.29 is 14.5 Å². The lowest BCUT2D eigenvalue weighted by Crippen LogP contribution is -2.43. The lowest BCUT2D eigenvalue weighted by molar-refractivity contribution is -0.141. The molecule has 0 spiro atoms. The molecule has 114 valence electrons. The third-order valence-corrected chi connectivity index (χ3v) is 4.94. The van der Waals surface area contributed by atoms with Crippen molar-refractivity contribution in [3.05, 3.63) is 90.0 Å². The molecular formula is C19H15O3P. The number of rotatable bonds is 4. The van der Waals surface area contributed by atoms with Gasteiger partial charge in [-0.2, -0.15) is 0 Å². The van der Waals surface area contributed by atoms with Gasteiger partial charge in [0.25, 0.3) is 0 Å². The Morgan fingerprint density at radius 3 is 2.17 bits per heavy atom. The number of carboxylic acid groups (broad SMARTS) is 1. The van der Waals surface area contributed by atoms with Crippen LogP contribution in [0.1, 0.15) is 11.1 Å². The molecule has 0 aliphatic heterocycles. The van der Waals surface area contributed by atoms with E-state index in [4.69, 9.17) is 0 Å². The molecule has 2 atom stereocenters. The highest BCUT2D eigenvalue weighted by Crippen LogP contribution is 2.42. The summed E-state index contributed by atoms with van der Waals surface area (Å²) in [5, 5.41) is 9.88. The Balaban J connectivity index is 2.11. The molecule has 23 heavy (non-hydrogen) atoms. The minimum absolute atomic E-state index is 0.218. The summed E-state index contributed by atoms with van der Waals surface area (Å²) >= 11 is 0. The van der Waals surface area contributed by atoms with E-state index in [0.29, 0.717) is 5.56 Å². The Kier molecular flexibility index (Phi) is 4.22. The van der Waals surface area contributed by atoms with Gasteiger partial charge in [-0.25, -0.2) is 0 Å². The van der Waals surface area contributed by atoms with E-state index in [2.05, 4.69) is 0 Å². The average molecular weight is 322 g/mol. The molecule has 0 saturated carbocycles. The Hall–Kier alpha value is -2.51. The Morgan fingerprint density at radius 1 is 1.00 bits per heavy atom. The maximum Gasteiger partial charge on any atom is 0.319 e. The highest BCUT2D eigenvalue weighted by atomic mass is 31.1. The molecule has 3 rings (SSSR count). The van der Waals surface area contributed by atoms with E-state index >= 15 is 0 Å². The summed E-state index contributed by atoms with van der Waals surface area (Å²) in [6, 6.07) is 18.6. The Labute approximate surface area is 136 Å². The van der Waals surface area contributed by atoms with Crippen molar-refractivity contribution in [2.75, 3.05) is 0 Å². The summed E-state index contributed by atoms with van der Waals surface area (Å²) < 4.78 is 11.8. The lowest BCUT2D eigenvalue weighted by Gasteiger charge is -2.32. The van der Waals surface area contributed by atoms with Gasteiger partial charge < -0.3 is 5.11 Å². The summed E-state index contributed by atoms with van der Waals surface area (Å²) in [5.74, 6) is -1.00. The van der Waals surface area contributed by atoms with Crippen LogP contribution in [0.25, 0.3) is 5.57 Å². The second-order valence-corrected chi connectivity index (χ2v) is 6.18. The molecule has 0 amide bonds. The Morgan fingerprint density at radius 2 is 1.61 bits per heavy atom. The van der Waals surface area contributed by atoms with Crippen LogP contribution in [0, 0.1) is 0 Å². The second kappa shape index (κ2) is 6.31. The van der Waals surface area contributed by atoms with Gasteiger partial charge in [-0.05, 0) is 16.7 Å². The van der Waals surface area contributed by atoms with E-state index in [1.165, 1.54) is 0 Å². The van der Waals surface area contributed by atoms with Gasteiger partial charge in [0.15, 0.2) is 8.46 Å². The van der Waals surface area contributed by atoms with E-state index in [1.807, 2.05) is 36.4 Å². The van der Waals surface area contributed by atoms with Crippen molar-refractivity contribution in [3.63, 3.8) is 0 Å². The van der Waals surface area contributed by atoms with Gasteiger partial charge in [0, 0.05) is 0 Å². The highest BCUT2D eigenvalue weighted by Gasteiger charge is 2.46. The van der Waals surface area contributed by atoms with Crippen molar-refractivity contribution in [2.24, 2.45) is 0 Å². The van der Waals surface area contributed by atoms with Crippen molar-refractivity contribution in [1.82, 2.24) is 0 Å². The number of aliphatic carboxylic acids is 1. The number of allylic oxidation sites excluding steroid dienone is 3. The lowest BCUT2D eigenvalue weighted by atomic mass is 9.73. The monoisotopic (exact) mass is 322 g/mol. The zero-order chi connectivity index (χ0) is 16.3. The largest absolute Gasteiger partial charge is 0.480 e. The van der Waals surface area contributed by atoms with Crippen molar-refractivity contribution in [3.8, 4) is 0 Å². The minimum atomic E-state index is -1.32. The number of carbonyl (C=O) groups is 1. The molecule has 1 N–H and O–H groups in total. The van der Waals surface area contributed by atoms with Crippen LogP contribution in [0.2, 0.25) is 0 Å². The van der Waals surface area contributed by atoms with Crippen LogP contribution in [-0.4, -0.2) is 16.7 Å². The fraction of sp³-hybridized carbons (Fsp3) is 0.105. The van der Waals surface area contributed by atoms with Crippen LogP contribution >= 0.6 is 8.46 Å². The van der Waals surface area contributed by atoms with E-state index in [0.717, 1.165) is 11.1 Å². The number of hydrogen-bond acceptors (Lipinski definition) is 2. The molecule has 0 saturated heterocycles. The quantitative estimate of drug-likeness (QED) is 0.853. The van der Waals surface area contributed by atoms with Crippen molar-refractivity contribution >= 4 is 20.0 Å². The first-order chi connectivity index (χ1) is 11.2. The first-order valence-corrected chi connectivity index (χ1v) is 8.14. The summed E-state index contributed by atoms with van der Waals surface area (Å²) in [6.45, 7) is 0. The zero-order valence-corrected chi connectivity index (χ0v) is 13.2. The summed E-state index contributed by atoms with van der Waals surface area (Å²) in [4.78, 5) is 12.1. The molecule has 0 radical (unpaired) electrons. The molecule has 2 unspecified atom stereocenters. The van der Waals surface area contributed by atoms with Gasteiger partial charge >= 0.3 is 5.97 Å². The first-order valence-electron chi connectivity index (χ1n) is 7.26. The third kappa shape index (κ3) is 2.64. The van der Waals surface area contributed by atoms with E-state index in [1.54, 1.807) is 42.5 Å². The summed E-state index contributed by atoms with van der Waals surface area (Å²) in [7, 11) is -0.218. The fourth-order valence-electron chi connectivity index (χ4n) is 2.92. The molecule has 0 fully saturated rings. The number of benzene rings is 2. The van der Waals surface area contributed by atoms with E-state index in [9.17, 15) is 14.5 Å². The van der Waals surface area contributed by atoms with Gasteiger partial charge in [0.1, 0.15) is 5.41 Å². The van der Waals surface area contributed by atoms with Gasteiger partial charge in [0.2, 0.25) is 0 Å². The maximum absolute atomic E-state index is 12.1. The SMILES string of the molecule is O=PC1C=C(c2ccccc2)C=CC1(C(=O)O)c1ccccc1. The average Bonchev–Trinajstić information content (AvgIpc) is 2.62. The summed E-state index contributed by atoms with van der Waals surface area (Å²) in [6.07, 6.45) is 5.24. The molecule has 0 heterocycles. The van der Waals surface area contributed by atoms with E-state index < -0.39 is 17.0 Å². The smallest absolute Gasteiger partial charge is 0.319 e. The Bertz CT molecular complexity index is 781. The molecule has 0 bridgehead atoms. The van der Waals surface area contributed by atoms with Crippen LogP contribution < -0.4 is 0 Å². The van der Waals surface area contributed by atoms with Gasteiger partial charge in [0.05, 0.1) is 5.66 Å². The van der Waals surface area contributed by atoms with Crippen LogP contribution in [0.15, 0.2) is 78.9 Å². The standard InChI is InChI=1S/C19H15O3P/c20-18(21)19(16-9-5-2-6-10-16)12-11-15(13-17(19)23-22)14-7-3-1-4-8-14/h1-13,17H,(H,20,21). The minimum Gasteiger partial charge on any atom is -0.480 e. The van der Waals surface area contributed by atoms with Gasteiger partial charge in [-0.1, -0.05) is 78.9 Å². The number of hydrogen-bond donors (Lipinski definition) is 1. The molecule has 2 aromatic rings. The molecule has 1 aliphatic rings. The van der Waals surface area contributed by atoms with Crippen LogP contribution in [-0.2, 0) is 14.8 Å². The van der Waals surface area contributed by atoms with E-state index in [-0.39, 0.29) is 8.46 Å². The fourth-order valence-corrected chi connectivity index (χ4v) is 3.65. The normalized spacial score (nSPS) is 23.5. The zero-order valence-electron chi connectivity index (χ0n) is 12.3. The van der Waals surface area contributed by atoms with Crippen molar-refractivity contribution in [1.29, 1.82) is 0 Å². The first kappa shape index (κ1) is 15.4. The number of carboxylic acids is 1. The van der Waals surface area contributed by atoms with Gasteiger partial charge in [-0.3, -0.25) is 9.36 Å². The predicted molar refractivity (Wildman–Crippen MR) is 90.7 cm³/mol.